The standard InChI is InChI=1S/C12H13Br2N3O4/c1-15-9(18)2-3-16-12(21)17-10-7(11(19)20)4-6(13)5-8(10)14/h4-5H,2-3H2,1H3,(H,15,18)(H,19,20)(H2,16,17,21). The number of amides is 3. The lowest BCUT2D eigenvalue weighted by atomic mass is 10.2. The van der Waals surface area contributed by atoms with Crippen molar-refractivity contribution in [3.05, 3.63) is 26.6 Å². The Bertz CT molecular complexity index is 578. The third kappa shape index (κ3) is 5.35. The first-order valence-corrected chi connectivity index (χ1v) is 7.41. The first kappa shape index (κ1) is 17.4. The normalized spacial score (nSPS) is 9.86. The molecule has 3 amide bonds. The number of carboxylic acids is 1. The third-order valence-electron chi connectivity index (χ3n) is 2.44. The number of halogens is 2. The Kier molecular flexibility index (Phi) is 6.63. The van der Waals surface area contributed by atoms with Gasteiger partial charge in [0.1, 0.15) is 0 Å². The van der Waals surface area contributed by atoms with E-state index in [-0.39, 0.29) is 30.1 Å². The van der Waals surface area contributed by atoms with Crippen molar-refractivity contribution in [2.45, 2.75) is 6.42 Å². The van der Waals surface area contributed by atoms with Gasteiger partial charge in [0.25, 0.3) is 0 Å². The highest BCUT2D eigenvalue weighted by molar-refractivity contribution is 9.11. The zero-order valence-corrected chi connectivity index (χ0v) is 14.2. The largest absolute Gasteiger partial charge is 0.478 e. The number of rotatable bonds is 5. The minimum atomic E-state index is -1.17. The minimum Gasteiger partial charge on any atom is -0.478 e. The van der Waals surface area contributed by atoms with E-state index in [4.69, 9.17) is 5.11 Å². The Labute approximate surface area is 137 Å². The number of benzene rings is 1. The van der Waals surface area contributed by atoms with Gasteiger partial charge in [0.15, 0.2) is 0 Å². The lowest BCUT2D eigenvalue weighted by Crippen LogP contribution is -2.33. The maximum Gasteiger partial charge on any atom is 0.337 e. The lowest BCUT2D eigenvalue weighted by Gasteiger charge is -2.12. The highest BCUT2D eigenvalue weighted by Gasteiger charge is 2.16. The summed E-state index contributed by atoms with van der Waals surface area (Å²) in [5.74, 6) is -1.37. The number of carbonyl (C=O) groups is 3. The van der Waals surface area contributed by atoms with Crippen molar-refractivity contribution in [1.29, 1.82) is 0 Å². The molecule has 0 heterocycles. The first-order chi connectivity index (χ1) is 9.85. The highest BCUT2D eigenvalue weighted by atomic mass is 79.9. The number of hydrogen-bond donors (Lipinski definition) is 4. The first-order valence-electron chi connectivity index (χ1n) is 5.83. The van der Waals surface area contributed by atoms with Gasteiger partial charge in [-0.3, -0.25) is 4.79 Å². The van der Waals surface area contributed by atoms with Crippen LogP contribution in [0, 0.1) is 0 Å². The monoisotopic (exact) mass is 421 g/mol. The third-order valence-corrected chi connectivity index (χ3v) is 3.52. The van der Waals surface area contributed by atoms with E-state index in [0.717, 1.165) is 0 Å². The Morgan fingerprint density at radius 1 is 1.24 bits per heavy atom. The second-order valence-electron chi connectivity index (χ2n) is 3.92. The van der Waals surface area contributed by atoms with Crippen LogP contribution in [0.25, 0.3) is 0 Å². The molecule has 4 N–H and O–H groups in total. The number of hydrogen-bond acceptors (Lipinski definition) is 3. The maximum absolute atomic E-state index is 11.7. The summed E-state index contributed by atoms with van der Waals surface area (Å²) in [5, 5.41) is 16.5. The molecule has 0 aliphatic heterocycles. The van der Waals surface area contributed by atoms with Gasteiger partial charge in [0, 0.05) is 29.0 Å². The van der Waals surface area contributed by atoms with Crippen LogP contribution >= 0.6 is 31.9 Å². The Hall–Kier alpha value is -1.61. The van der Waals surface area contributed by atoms with Crippen molar-refractivity contribution in [2.24, 2.45) is 0 Å². The molecule has 0 radical (unpaired) electrons. The van der Waals surface area contributed by atoms with Crippen molar-refractivity contribution >= 4 is 55.5 Å². The molecule has 0 aromatic heterocycles. The van der Waals surface area contributed by atoms with Crippen LogP contribution in [-0.2, 0) is 4.79 Å². The molecule has 0 atom stereocenters. The van der Waals surface area contributed by atoms with Crippen LogP contribution in [0.4, 0.5) is 10.5 Å². The van der Waals surface area contributed by atoms with Crippen LogP contribution in [-0.4, -0.2) is 36.6 Å². The summed E-state index contributed by atoms with van der Waals surface area (Å²) in [7, 11) is 1.50. The van der Waals surface area contributed by atoms with E-state index < -0.39 is 12.0 Å². The van der Waals surface area contributed by atoms with Crippen molar-refractivity contribution in [3.8, 4) is 0 Å². The molecule has 9 heteroatoms. The smallest absolute Gasteiger partial charge is 0.337 e. The van der Waals surface area contributed by atoms with Crippen molar-refractivity contribution in [1.82, 2.24) is 10.6 Å². The Morgan fingerprint density at radius 3 is 2.48 bits per heavy atom. The van der Waals surface area contributed by atoms with Gasteiger partial charge in [-0.15, -0.1) is 0 Å². The van der Waals surface area contributed by atoms with Crippen LogP contribution in [0.5, 0.6) is 0 Å². The van der Waals surface area contributed by atoms with Crippen molar-refractivity contribution in [3.63, 3.8) is 0 Å². The van der Waals surface area contributed by atoms with Gasteiger partial charge >= 0.3 is 12.0 Å². The average Bonchev–Trinajstić information content (AvgIpc) is 2.41. The van der Waals surface area contributed by atoms with E-state index in [1.165, 1.54) is 13.1 Å². The molecule has 0 bridgehead atoms. The molecule has 0 saturated heterocycles. The second kappa shape index (κ2) is 7.99. The van der Waals surface area contributed by atoms with Gasteiger partial charge in [-0.05, 0) is 28.1 Å². The fourth-order valence-corrected chi connectivity index (χ4v) is 2.77. The number of urea groups is 1. The molecule has 0 aliphatic carbocycles. The second-order valence-corrected chi connectivity index (χ2v) is 5.69. The lowest BCUT2D eigenvalue weighted by molar-refractivity contribution is -0.120. The predicted molar refractivity (Wildman–Crippen MR) is 84.5 cm³/mol. The van der Waals surface area contributed by atoms with Gasteiger partial charge in [-0.1, -0.05) is 15.9 Å². The van der Waals surface area contributed by atoms with Gasteiger partial charge in [-0.25, -0.2) is 9.59 Å². The fraction of sp³-hybridized carbons (Fsp3) is 0.250. The number of aromatic carboxylic acids is 1. The molecule has 0 saturated carbocycles. The van der Waals surface area contributed by atoms with Crippen LogP contribution in [0.2, 0.25) is 0 Å². The summed E-state index contributed by atoms with van der Waals surface area (Å²) >= 11 is 6.38. The van der Waals surface area contributed by atoms with Gasteiger partial charge in [0.2, 0.25) is 5.91 Å². The van der Waals surface area contributed by atoms with Crippen LogP contribution in [0.15, 0.2) is 21.1 Å². The summed E-state index contributed by atoms with van der Waals surface area (Å²) < 4.78 is 0.994. The van der Waals surface area contributed by atoms with E-state index in [1.54, 1.807) is 6.07 Å². The van der Waals surface area contributed by atoms with Gasteiger partial charge in [0.05, 0.1) is 11.3 Å². The number of nitrogens with one attached hydrogen (secondary N) is 3. The molecule has 7 nitrogen and oxygen atoms in total. The summed E-state index contributed by atoms with van der Waals surface area (Å²) in [6.07, 6.45) is 0.136. The van der Waals surface area contributed by atoms with Crippen LogP contribution in [0.1, 0.15) is 16.8 Å². The topological polar surface area (TPSA) is 108 Å². The molecule has 0 spiro atoms. The zero-order valence-electron chi connectivity index (χ0n) is 11.0. The molecule has 0 unspecified atom stereocenters. The molecule has 1 aromatic rings. The quantitative estimate of drug-likeness (QED) is 0.583. The molecule has 0 aliphatic rings. The Balaban J connectivity index is 2.76. The maximum atomic E-state index is 11.7. The van der Waals surface area contributed by atoms with E-state index in [0.29, 0.717) is 8.95 Å². The number of carboxylic acid groups (broad SMARTS) is 1. The average molecular weight is 423 g/mol. The van der Waals surface area contributed by atoms with Gasteiger partial charge < -0.3 is 21.1 Å². The number of carbonyl (C=O) groups excluding carboxylic acids is 2. The molecule has 114 valence electrons. The number of anilines is 1. The SMILES string of the molecule is CNC(=O)CCNC(=O)Nc1c(Br)cc(Br)cc1C(=O)O. The molecule has 1 rings (SSSR count). The zero-order chi connectivity index (χ0) is 16.0. The van der Waals surface area contributed by atoms with E-state index >= 15 is 0 Å². The van der Waals surface area contributed by atoms with Gasteiger partial charge in [-0.2, -0.15) is 0 Å². The Morgan fingerprint density at radius 2 is 1.90 bits per heavy atom. The highest BCUT2D eigenvalue weighted by Crippen LogP contribution is 2.30. The molecular weight excluding hydrogens is 410 g/mol. The minimum absolute atomic E-state index is 0.0577. The molecular formula is C12H13Br2N3O4. The molecule has 0 fully saturated rings. The van der Waals surface area contributed by atoms with Crippen LogP contribution in [0.3, 0.4) is 0 Å². The summed E-state index contributed by atoms with van der Waals surface area (Å²) in [4.78, 5) is 33.9. The van der Waals surface area contributed by atoms with Crippen molar-refractivity contribution < 1.29 is 19.5 Å². The summed E-state index contributed by atoms with van der Waals surface area (Å²) in [6, 6.07) is 2.41. The summed E-state index contributed by atoms with van der Waals surface area (Å²) in [5.41, 5.74) is 0.0841. The molecule has 21 heavy (non-hydrogen) atoms. The van der Waals surface area contributed by atoms with Crippen molar-refractivity contribution in [2.75, 3.05) is 18.9 Å². The molecule has 1 aromatic carbocycles. The van der Waals surface area contributed by atoms with E-state index in [2.05, 4.69) is 47.8 Å². The van der Waals surface area contributed by atoms with E-state index in [9.17, 15) is 14.4 Å². The predicted octanol–water partition coefficient (Wildman–Crippen LogP) is 2.17. The van der Waals surface area contributed by atoms with E-state index in [1.807, 2.05) is 0 Å². The summed E-state index contributed by atoms with van der Waals surface area (Å²) in [6.45, 7) is 0.141. The fourth-order valence-electron chi connectivity index (χ4n) is 1.44. The van der Waals surface area contributed by atoms with Crippen LogP contribution < -0.4 is 16.0 Å².